The van der Waals surface area contributed by atoms with E-state index < -0.39 is 5.97 Å². The van der Waals surface area contributed by atoms with Crippen LogP contribution in [0.4, 0.5) is 0 Å². The second-order valence-corrected chi connectivity index (χ2v) is 4.73. The van der Waals surface area contributed by atoms with E-state index in [4.69, 9.17) is 15.3 Å². The Morgan fingerprint density at radius 3 is 2.68 bits per heavy atom. The van der Waals surface area contributed by atoms with Crippen LogP contribution in [-0.4, -0.2) is 23.4 Å². The quantitative estimate of drug-likeness (QED) is 0.394. The number of amidine groups is 1. The van der Waals surface area contributed by atoms with E-state index in [1.165, 1.54) is 0 Å². The van der Waals surface area contributed by atoms with Gasteiger partial charge in [0.05, 0.1) is 0 Å². The van der Waals surface area contributed by atoms with E-state index in [9.17, 15) is 4.79 Å². The molecule has 22 heavy (non-hydrogen) atoms. The highest BCUT2D eigenvalue weighted by Crippen LogP contribution is 2.18. The molecule has 0 aliphatic heterocycles. The third-order valence-electron chi connectivity index (χ3n) is 2.91. The van der Waals surface area contributed by atoms with Crippen LogP contribution in [-0.2, 0) is 9.63 Å². The highest BCUT2D eigenvalue weighted by molar-refractivity contribution is 5.97. The molecule has 0 bridgehead atoms. The summed E-state index contributed by atoms with van der Waals surface area (Å²) in [6.45, 7) is 3.61. The predicted octanol–water partition coefficient (Wildman–Crippen LogP) is 1.94. The third kappa shape index (κ3) is 4.31. The third-order valence-corrected chi connectivity index (χ3v) is 2.91. The zero-order chi connectivity index (χ0) is 15.9. The zero-order valence-electron chi connectivity index (χ0n) is 12.4. The summed E-state index contributed by atoms with van der Waals surface area (Å²) in [6, 6.07) is 9.09. The molecular formula is C16H17N3O3. The van der Waals surface area contributed by atoms with Gasteiger partial charge in [-0.3, -0.25) is 4.98 Å². The molecule has 0 aliphatic rings. The number of carbonyl (C=O) groups is 1. The highest BCUT2D eigenvalue weighted by atomic mass is 16.7. The largest absolute Gasteiger partial charge is 0.482 e. The fourth-order valence-electron chi connectivity index (χ4n) is 1.70. The maximum absolute atomic E-state index is 11.6. The lowest BCUT2D eigenvalue weighted by Gasteiger charge is -2.08. The minimum atomic E-state index is -0.627. The summed E-state index contributed by atoms with van der Waals surface area (Å²) < 4.78 is 5.42. The van der Waals surface area contributed by atoms with Crippen molar-refractivity contribution in [2.75, 3.05) is 6.61 Å². The van der Waals surface area contributed by atoms with Crippen molar-refractivity contribution in [3.63, 3.8) is 0 Å². The van der Waals surface area contributed by atoms with Crippen LogP contribution in [0.3, 0.4) is 0 Å². The fourth-order valence-corrected chi connectivity index (χ4v) is 1.70. The Balaban J connectivity index is 1.89. The second-order valence-electron chi connectivity index (χ2n) is 4.73. The highest BCUT2D eigenvalue weighted by Gasteiger charge is 2.07. The molecule has 0 saturated carbocycles. The Morgan fingerprint density at radius 1 is 1.23 bits per heavy atom. The lowest BCUT2D eigenvalue weighted by Crippen LogP contribution is -2.18. The van der Waals surface area contributed by atoms with E-state index in [-0.39, 0.29) is 12.4 Å². The minimum Gasteiger partial charge on any atom is -0.482 e. The number of nitrogens with zero attached hydrogens (tertiary/aromatic N) is 2. The van der Waals surface area contributed by atoms with Gasteiger partial charge in [0.25, 0.3) is 0 Å². The molecule has 0 unspecified atom stereocenters. The van der Waals surface area contributed by atoms with Crippen LogP contribution in [0.5, 0.6) is 5.75 Å². The van der Waals surface area contributed by atoms with Crippen molar-refractivity contribution < 1.29 is 14.4 Å². The number of aryl methyl sites for hydroxylation is 2. The molecule has 0 fully saturated rings. The van der Waals surface area contributed by atoms with E-state index in [1.54, 1.807) is 24.5 Å². The molecule has 0 atom stereocenters. The van der Waals surface area contributed by atoms with Gasteiger partial charge in [0.1, 0.15) is 5.75 Å². The number of carbonyl (C=O) groups excluding carboxylic acids is 1. The summed E-state index contributed by atoms with van der Waals surface area (Å²) in [4.78, 5) is 20.2. The maximum Gasteiger partial charge on any atom is 0.372 e. The van der Waals surface area contributed by atoms with Crippen LogP contribution >= 0.6 is 0 Å². The Kier molecular flexibility index (Phi) is 5.08. The maximum atomic E-state index is 11.6. The number of rotatable bonds is 5. The molecule has 6 heteroatoms. The number of pyridine rings is 1. The molecule has 0 amide bonds. The Hall–Kier alpha value is -2.89. The molecule has 2 aromatic rings. The molecule has 0 spiro atoms. The molecule has 6 nitrogen and oxygen atoms in total. The molecule has 1 aromatic carbocycles. The first kappa shape index (κ1) is 15.5. The summed E-state index contributed by atoms with van der Waals surface area (Å²) in [5.74, 6) is 0.114. The molecular weight excluding hydrogens is 282 g/mol. The Morgan fingerprint density at radius 2 is 1.95 bits per heavy atom. The first-order valence-electron chi connectivity index (χ1n) is 6.70. The Bertz CT molecular complexity index is 684. The van der Waals surface area contributed by atoms with Crippen molar-refractivity contribution in [2.24, 2.45) is 10.9 Å². The second kappa shape index (κ2) is 7.21. The van der Waals surface area contributed by atoms with Gasteiger partial charge in [-0.1, -0.05) is 17.3 Å². The number of nitrogens with two attached hydrogens (primary N) is 1. The summed E-state index contributed by atoms with van der Waals surface area (Å²) in [7, 11) is 0. The summed E-state index contributed by atoms with van der Waals surface area (Å²) in [6.07, 6.45) is 3.15. The van der Waals surface area contributed by atoms with E-state index >= 15 is 0 Å². The number of oxime groups is 1. The average molecular weight is 299 g/mol. The standard InChI is InChI=1S/C16H17N3O3/c1-11-3-4-12(2)14(9-11)21-10-15(20)22-19-16(17)13-5-7-18-8-6-13/h3-9H,10H2,1-2H3,(H2,17,19). The van der Waals surface area contributed by atoms with Crippen LogP contribution in [0, 0.1) is 13.8 Å². The van der Waals surface area contributed by atoms with Crippen molar-refractivity contribution >= 4 is 11.8 Å². The molecule has 0 saturated heterocycles. The summed E-state index contributed by atoms with van der Waals surface area (Å²) in [5, 5.41) is 3.58. The lowest BCUT2D eigenvalue weighted by molar-refractivity contribution is -0.146. The molecule has 2 rings (SSSR count). The molecule has 0 aliphatic carbocycles. The monoisotopic (exact) mass is 299 g/mol. The van der Waals surface area contributed by atoms with Gasteiger partial charge in [-0.05, 0) is 43.2 Å². The molecule has 2 N–H and O–H groups in total. The van der Waals surface area contributed by atoms with Gasteiger partial charge < -0.3 is 15.3 Å². The number of hydrogen-bond acceptors (Lipinski definition) is 5. The van der Waals surface area contributed by atoms with E-state index in [0.29, 0.717) is 11.3 Å². The molecule has 1 heterocycles. The van der Waals surface area contributed by atoms with Crippen molar-refractivity contribution in [2.45, 2.75) is 13.8 Å². The SMILES string of the molecule is Cc1ccc(C)c(OCC(=O)O/N=C(\N)c2ccncc2)c1. The zero-order valence-corrected chi connectivity index (χ0v) is 12.4. The fraction of sp³-hybridized carbons (Fsp3) is 0.188. The van der Waals surface area contributed by atoms with Crippen molar-refractivity contribution in [3.8, 4) is 5.75 Å². The van der Waals surface area contributed by atoms with Crippen molar-refractivity contribution in [1.82, 2.24) is 4.98 Å². The Labute approximate surface area is 128 Å². The topological polar surface area (TPSA) is 86.8 Å². The van der Waals surface area contributed by atoms with Gasteiger partial charge >= 0.3 is 5.97 Å². The van der Waals surface area contributed by atoms with Gasteiger partial charge in [0.15, 0.2) is 12.4 Å². The van der Waals surface area contributed by atoms with Gasteiger partial charge in [-0.25, -0.2) is 4.79 Å². The van der Waals surface area contributed by atoms with Crippen LogP contribution in [0.2, 0.25) is 0 Å². The summed E-state index contributed by atoms with van der Waals surface area (Å²) >= 11 is 0. The number of benzene rings is 1. The van der Waals surface area contributed by atoms with Gasteiger partial charge in [0, 0.05) is 18.0 Å². The number of aromatic nitrogens is 1. The van der Waals surface area contributed by atoms with Gasteiger partial charge in [-0.2, -0.15) is 0 Å². The predicted molar refractivity (Wildman–Crippen MR) is 82.5 cm³/mol. The minimum absolute atomic E-state index is 0.0995. The van der Waals surface area contributed by atoms with Crippen LogP contribution in [0.1, 0.15) is 16.7 Å². The van der Waals surface area contributed by atoms with Crippen LogP contribution < -0.4 is 10.5 Å². The van der Waals surface area contributed by atoms with E-state index in [0.717, 1.165) is 11.1 Å². The van der Waals surface area contributed by atoms with Crippen LogP contribution in [0.25, 0.3) is 0 Å². The first-order valence-corrected chi connectivity index (χ1v) is 6.70. The molecule has 1 aromatic heterocycles. The average Bonchev–Trinajstić information content (AvgIpc) is 2.54. The van der Waals surface area contributed by atoms with E-state index in [1.807, 2.05) is 32.0 Å². The summed E-state index contributed by atoms with van der Waals surface area (Å²) in [5.41, 5.74) is 8.31. The normalized spacial score (nSPS) is 11.1. The molecule has 0 radical (unpaired) electrons. The van der Waals surface area contributed by atoms with E-state index in [2.05, 4.69) is 10.1 Å². The smallest absolute Gasteiger partial charge is 0.372 e. The van der Waals surface area contributed by atoms with Gasteiger partial charge in [0.2, 0.25) is 0 Å². The van der Waals surface area contributed by atoms with Crippen LogP contribution in [0.15, 0.2) is 47.9 Å². The molecule has 114 valence electrons. The van der Waals surface area contributed by atoms with Crippen molar-refractivity contribution in [3.05, 3.63) is 59.4 Å². The van der Waals surface area contributed by atoms with Crippen molar-refractivity contribution in [1.29, 1.82) is 0 Å². The first-order chi connectivity index (χ1) is 10.6. The lowest BCUT2D eigenvalue weighted by atomic mass is 10.1. The number of ether oxygens (including phenoxy) is 1. The van der Waals surface area contributed by atoms with Gasteiger partial charge in [-0.15, -0.1) is 0 Å². The number of hydrogen-bond donors (Lipinski definition) is 1.